The second kappa shape index (κ2) is 3.24. The smallest absolute Gasteiger partial charge is 1.00 e. The zero-order valence-corrected chi connectivity index (χ0v) is 6.96. The topological polar surface area (TPSA) is 26.0 Å². The van der Waals surface area contributed by atoms with Crippen molar-refractivity contribution in [1.29, 1.82) is 0 Å². The van der Waals surface area contributed by atoms with Crippen LogP contribution in [0.1, 0.15) is 19.3 Å². The standard InChI is InChI=1S/C9H11N.ClH/c10-9-6-8(9)7-4-2-1-3-5-7;/h1-5,8-9H,6,10H2;1H/t8-,9+;/m0./s1. The molecule has 1 nitrogen and oxygen atoms in total. The summed E-state index contributed by atoms with van der Waals surface area (Å²) >= 11 is 0. The maximum atomic E-state index is 5.70. The fourth-order valence-electron chi connectivity index (χ4n) is 1.30. The van der Waals surface area contributed by atoms with Crippen LogP contribution in [0, 0.1) is 0 Å². The Morgan fingerprint density at radius 3 is 2.27 bits per heavy atom. The molecule has 2 heteroatoms. The molecule has 2 atom stereocenters. The number of hydrogen-bond acceptors (Lipinski definition) is 1. The first kappa shape index (κ1) is 8.57. The van der Waals surface area contributed by atoms with Crippen LogP contribution in [-0.4, -0.2) is 6.04 Å². The van der Waals surface area contributed by atoms with Crippen LogP contribution >= 0.6 is 0 Å². The molecule has 0 unspecified atom stereocenters. The summed E-state index contributed by atoms with van der Waals surface area (Å²) in [6, 6.07) is 10.9. The van der Waals surface area contributed by atoms with Gasteiger partial charge in [-0.05, 0) is 12.0 Å². The van der Waals surface area contributed by atoms with Gasteiger partial charge in [0.2, 0.25) is 0 Å². The second-order valence-electron chi connectivity index (χ2n) is 2.92. The molecule has 1 fully saturated rings. The van der Waals surface area contributed by atoms with E-state index in [9.17, 15) is 0 Å². The molecule has 0 aromatic heterocycles. The number of hydrogen-bond donors (Lipinski definition) is 1. The fraction of sp³-hybridized carbons (Fsp3) is 0.333. The molecule has 60 valence electrons. The summed E-state index contributed by atoms with van der Waals surface area (Å²) in [5.41, 5.74) is 7.10. The van der Waals surface area contributed by atoms with Crippen LogP contribution in [-0.2, 0) is 0 Å². The van der Waals surface area contributed by atoms with E-state index >= 15 is 0 Å². The predicted octanol–water partition coefficient (Wildman–Crippen LogP) is -1.38. The maximum Gasteiger partial charge on any atom is 1.00 e. The lowest BCUT2D eigenvalue weighted by molar-refractivity contribution is -0.00000213. The average Bonchev–Trinajstić information content (AvgIpc) is 2.69. The SMILES string of the molecule is N[C@@H]1C[C@H]1c1ccccc1.[Cl-].[H+]. The Hall–Kier alpha value is -0.530. The zero-order chi connectivity index (χ0) is 6.97. The van der Waals surface area contributed by atoms with Crippen molar-refractivity contribution in [3.05, 3.63) is 35.9 Å². The highest BCUT2D eigenvalue weighted by atomic mass is 35.5. The highest BCUT2D eigenvalue weighted by Crippen LogP contribution is 2.38. The molecule has 1 aromatic rings. The lowest BCUT2D eigenvalue weighted by Gasteiger charge is -1.94. The summed E-state index contributed by atoms with van der Waals surface area (Å²) in [4.78, 5) is 0. The Morgan fingerprint density at radius 2 is 1.82 bits per heavy atom. The van der Waals surface area contributed by atoms with Crippen LogP contribution < -0.4 is 18.1 Å². The summed E-state index contributed by atoms with van der Waals surface area (Å²) in [5.74, 6) is 0.654. The van der Waals surface area contributed by atoms with Crippen molar-refractivity contribution in [2.45, 2.75) is 18.4 Å². The Balaban J connectivity index is 0.000000605. The molecule has 11 heavy (non-hydrogen) atoms. The van der Waals surface area contributed by atoms with Gasteiger partial charge in [0.1, 0.15) is 0 Å². The molecular weight excluding hydrogens is 158 g/mol. The van der Waals surface area contributed by atoms with Crippen molar-refractivity contribution >= 4 is 0 Å². The molecule has 0 aliphatic heterocycles. The summed E-state index contributed by atoms with van der Waals surface area (Å²) in [5, 5.41) is 0. The minimum atomic E-state index is 0. The first-order chi connectivity index (χ1) is 4.88. The molecule has 1 aliphatic carbocycles. The fourth-order valence-corrected chi connectivity index (χ4v) is 1.30. The van der Waals surface area contributed by atoms with Crippen molar-refractivity contribution in [3.8, 4) is 0 Å². The van der Waals surface area contributed by atoms with Gasteiger partial charge in [0, 0.05) is 12.0 Å². The quantitative estimate of drug-likeness (QED) is 0.551. The molecular formula is C9H12ClN. The van der Waals surface area contributed by atoms with Gasteiger partial charge in [0.25, 0.3) is 0 Å². The third kappa shape index (κ3) is 1.73. The van der Waals surface area contributed by atoms with Gasteiger partial charge in [0.15, 0.2) is 0 Å². The van der Waals surface area contributed by atoms with E-state index in [-0.39, 0.29) is 13.8 Å². The molecule has 0 heterocycles. The third-order valence-corrected chi connectivity index (χ3v) is 2.07. The third-order valence-electron chi connectivity index (χ3n) is 2.07. The van der Waals surface area contributed by atoms with Crippen molar-refractivity contribution in [2.75, 3.05) is 0 Å². The van der Waals surface area contributed by atoms with Gasteiger partial charge in [-0.3, -0.25) is 0 Å². The number of halogens is 1. The highest BCUT2D eigenvalue weighted by Gasteiger charge is 2.34. The first-order valence-electron chi connectivity index (χ1n) is 3.68. The van der Waals surface area contributed by atoms with Crippen LogP contribution in [0.5, 0.6) is 0 Å². The Kier molecular flexibility index (Phi) is 2.53. The van der Waals surface area contributed by atoms with Crippen molar-refractivity contribution in [1.82, 2.24) is 0 Å². The molecule has 0 bridgehead atoms. The monoisotopic (exact) mass is 169 g/mol. The van der Waals surface area contributed by atoms with Gasteiger partial charge in [-0.2, -0.15) is 0 Å². The van der Waals surface area contributed by atoms with Gasteiger partial charge in [-0.25, -0.2) is 0 Å². The summed E-state index contributed by atoms with van der Waals surface area (Å²) in [6.45, 7) is 0. The van der Waals surface area contributed by atoms with Gasteiger partial charge in [-0.1, -0.05) is 30.3 Å². The molecule has 2 rings (SSSR count). The van der Waals surface area contributed by atoms with E-state index in [1.54, 1.807) is 0 Å². The Bertz CT molecular complexity index is 227. The van der Waals surface area contributed by atoms with Gasteiger partial charge >= 0.3 is 1.43 Å². The molecule has 2 N–H and O–H groups in total. The zero-order valence-electron chi connectivity index (χ0n) is 7.20. The largest absolute Gasteiger partial charge is 1.00 e. The van der Waals surface area contributed by atoms with Gasteiger partial charge in [0.05, 0.1) is 0 Å². The average molecular weight is 170 g/mol. The number of nitrogens with two attached hydrogens (primary N) is 1. The summed E-state index contributed by atoms with van der Waals surface area (Å²) < 4.78 is 0. The highest BCUT2D eigenvalue weighted by molar-refractivity contribution is 5.26. The second-order valence-corrected chi connectivity index (χ2v) is 2.92. The van der Waals surface area contributed by atoms with E-state index in [1.807, 2.05) is 6.07 Å². The number of benzene rings is 1. The Labute approximate surface area is 74.5 Å². The molecule has 0 spiro atoms. The van der Waals surface area contributed by atoms with Crippen molar-refractivity contribution < 1.29 is 13.8 Å². The molecule has 1 saturated carbocycles. The minimum Gasteiger partial charge on any atom is -1.00 e. The van der Waals surface area contributed by atoms with E-state index in [4.69, 9.17) is 5.73 Å². The van der Waals surface area contributed by atoms with E-state index < -0.39 is 0 Å². The van der Waals surface area contributed by atoms with Crippen LogP contribution in [0.3, 0.4) is 0 Å². The lowest BCUT2D eigenvalue weighted by Crippen LogP contribution is -3.00. The van der Waals surface area contributed by atoms with Crippen molar-refractivity contribution in [3.63, 3.8) is 0 Å². The normalized spacial score (nSPS) is 27.4. The van der Waals surface area contributed by atoms with E-state index in [0.717, 1.165) is 0 Å². The summed E-state index contributed by atoms with van der Waals surface area (Å²) in [7, 11) is 0. The molecule has 1 aromatic carbocycles. The number of rotatable bonds is 1. The molecule has 1 aliphatic rings. The van der Waals surface area contributed by atoms with Crippen LogP contribution in [0.25, 0.3) is 0 Å². The van der Waals surface area contributed by atoms with Crippen LogP contribution in [0.15, 0.2) is 30.3 Å². The van der Waals surface area contributed by atoms with E-state index in [0.29, 0.717) is 12.0 Å². The first-order valence-corrected chi connectivity index (χ1v) is 3.68. The van der Waals surface area contributed by atoms with Crippen molar-refractivity contribution in [2.24, 2.45) is 5.73 Å². The molecule has 0 saturated heterocycles. The molecule has 0 amide bonds. The molecule has 0 radical (unpaired) electrons. The predicted molar refractivity (Wildman–Crippen MR) is 42.9 cm³/mol. The van der Waals surface area contributed by atoms with E-state index in [1.165, 1.54) is 12.0 Å². The summed E-state index contributed by atoms with van der Waals surface area (Å²) in [6.07, 6.45) is 1.17. The maximum absolute atomic E-state index is 5.70. The van der Waals surface area contributed by atoms with Crippen LogP contribution in [0.4, 0.5) is 0 Å². The van der Waals surface area contributed by atoms with Crippen LogP contribution in [0.2, 0.25) is 0 Å². The van der Waals surface area contributed by atoms with E-state index in [2.05, 4.69) is 24.3 Å². The van der Waals surface area contributed by atoms with Gasteiger partial charge in [-0.15, -0.1) is 0 Å². The van der Waals surface area contributed by atoms with Gasteiger partial charge < -0.3 is 18.1 Å². The minimum absolute atomic E-state index is 0. The lowest BCUT2D eigenvalue weighted by atomic mass is 10.1. The Morgan fingerprint density at radius 1 is 1.27 bits per heavy atom.